The number of carbonyl (C=O) groups excluding carboxylic acids is 3. The number of anilines is 1. The molecule has 0 aliphatic heterocycles. The summed E-state index contributed by atoms with van der Waals surface area (Å²) in [5, 5.41) is 5.54. The largest absolute Gasteiger partial charge is 0.369 e. The number of rotatable bonds is 7. The fraction of sp³-hybridized carbons (Fsp3) is 0.167. The molecular weight excluding hydrogens is 338 g/mol. The zero-order chi connectivity index (χ0) is 18.2. The maximum atomic E-state index is 12.4. The number of thioether (sulfide) groups is 1. The molecule has 130 valence electrons. The van der Waals surface area contributed by atoms with Gasteiger partial charge in [-0.2, -0.15) is 0 Å². The van der Waals surface area contributed by atoms with E-state index < -0.39 is 5.91 Å². The molecule has 2 aromatic carbocycles. The molecule has 4 N–H and O–H groups in total. The maximum absolute atomic E-state index is 12.4. The molecule has 25 heavy (non-hydrogen) atoms. The second-order valence-electron chi connectivity index (χ2n) is 5.31. The van der Waals surface area contributed by atoms with Crippen LogP contribution in [0.4, 0.5) is 5.69 Å². The Kier molecular flexibility index (Phi) is 6.59. The van der Waals surface area contributed by atoms with Gasteiger partial charge in [-0.05, 0) is 29.8 Å². The van der Waals surface area contributed by atoms with Crippen molar-refractivity contribution in [1.82, 2.24) is 5.32 Å². The lowest BCUT2D eigenvalue weighted by molar-refractivity contribution is -0.119. The van der Waals surface area contributed by atoms with E-state index in [0.717, 1.165) is 10.5 Å². The average molecular weight is 357 g/mol. The zero-order valence-electron chi connectivity index (χ0n) is 13.7. The highest BCUT2D eigenvalue weighted by Gasteiger charge is 2.10. The number of amides is 3. The van der Waals surface area contributed by atoms with E-state index in [-0.39, 0.29) is 17.6 Å². The molecule has 0 aromatic heterocycles. The van der Waals surface area contributed by atoms with Crippen molar-refractivity contribution in [1.29, 1.82) is 0 Å². The van der Waals surface area contributed by atoms with Gasteiger partial charge in [0.2, 0.25) is 11.8 Å². The lowest BCUT2D eigenvalue weighted by Crippen LogP contribution is -2.19. The molecule has 0 unspecified atom stereocenters. The number of carbonyl (C=O) groups is 3. The van der Waals surface area contributed by atoms with Crippen molar-refractivity contribution < 1.29 is 14.4 Å². The van der Waals surface area contributed by atoms with Gasteiger partial charge in [-0.25, -0.2) is 0 Å². The second-order valence-corrected chi connectivity index (χ2v) is 6.33. The van der Waals surface area contributed by atoms with Crippen molar-refractivity contribution in [3.63, 3.8) is 0 Å². The van der Waals surface area contributed by atoms with Gasteiger partial charge in [0.1, 0.15) is 0 Å². The highest BCUT2D eigenvalue weighted by molar-refractivity contribution is 8.00. The van der Waals surface area contributed by atoms with Gasteiger partial charge in [-0.3, -0.25) is 14.4 Å². The first-order chi connectivity index (χ1) is 12.0. The summed E-state index contributed by atoms with van der Waals surface area (Å²) in [6.07, 6.45) is 0. The summed E-state index contributed by atoms with van der Waals surface area (Å²) in [6.45, 7) is 1.87. The van der Waals surface area contributed by atoms with Crippen molar-refractivity contribution in [2.75, 3.05) is 11.1 Å². The molecule has 7 heteroatoms. The molecule has 0 spiro atoms. The average Bonchev–Trinajstić information content (AvgIpc) is 2.59. The minimum Gasteiger partial charge on any atom is -0.369 e. The molecule has 0 saturated carbocycles. The number of nitrogens with two attached hydrogens (primary N) is 1. The summed E-state index contributed by atoms with van der Waals surface area (Å²) in [7, 11) is 0. The molecule has 2 rings (SSSR count). The van der Waals surface area contributed by atoms with E-state index in [9.17, 15) is 14.4 Å². The van der Waals surface area contributed by atoms with Gasteiger partial charge in [0.05, 0.1) is 11.4 Å². The van der Waals surface area contributed by atoms with Crippen molar-refractivity contribution >= 4 is 35.2 Å². The van der Waals surface area contributed by atoms with E-state index in [1.165, 1.54) is 18.7 Å². The number of benzene rings is 2. The molecule has 0 bridgehead atoms. The Labute approximate surface area is 150 Å². The quantitative estimate of drug-likeness (QED) is 0.661. The Morgan fingerprint density at radius 3 is 2.36 bits per heavy atom. The normalized spacial score (nSPS) is 10.1. The van der Waals surface area contributed by atoms with Gasteiger partial charge in [0.15, 0.2) is 0 Å². The van der Waals surface area contributed by atoms with Gasteiger partial charge in [-0.15, -0.1) is 11.8 Å². The van der Waals surface area contributed by atoms with Crippen LogP contribution in [0.5, 0.6) is 0 Å². The van der Waals surface area contributed by atoms with E-state index in [1.54, 1.807) is 36.4 Å². The minimum absolute atomic E-state index is 0.105. The number of hydrogen-bond donors (Lipinski definition) is 3. The summed E-state index contributed by atoms with van der Waals surface area (Å²) in [6, 6.07) is 14.2. The van der Waals surface area contributed by atoms with Crippen LogP contribution < -0.4 is 16.4 Å². The van der Waals surface area contributed by atoms with E-state index >= 15 is 0 Å². The van der Waals surface area contributed by atoms with E-state index in [2.05, 4.69) is 10.6 Å². The number of nitrogens with one attached hydrogen (secondary N) is 2. The van der Waals surface area contributed by atoms with Crippen molar-refractivity contribution in [3.8, 4) is 0 Å². The SMILES string of the molecule is CC(=O)NCc1ccc(C(=O)Nc2ccccc2SCC(N)=O)cc1. The second kappa shape index (κ2) is 8.89. The van der Waals surface area contributed by atoms with Crippen LogP contribution in [0.1, 0.15) is 22.8 Å². The van der Waals surface area contributed by atoms with Gasteiger partial charge in [-0.1, -0.05) is 24.3 Å². The van der Waals surface area contributed by atoms with E-state index in [4.69, 9.17) is 5.73 Å². The molecule has 6 nitrogen and oxygen atoms in total. The third kappa shape index (κ3) is 5.96. The predicted molar refractivity (Wildman–Crippen MR) is 98.3 cm³/mol. The molecule has 0 aliphatic rings. The van der Waals surface area contributed by atoms with Crippen LogP contribution in [-0.4, -0.2) is 23.5 Å². The maximum Gasteiger partial charge on any atom is 0.255 e. The molecule has 0 aliphatic carbocycles. The summed E-state index contributed by atoms with van der Waals surface area (Å²) >= 11 is 1.27. The van der Waals surface area contributed by atoms with Crippen LogP contribution >= 0.6 is 11.8 Å². The third-order valence-corrected chi connectivity index (χ3v) is 4.36. The number of para-hydroxylation sites is 1. The lowest BCUT2D eigenvalue weighted by atomic mass is 10.1. The van der Waals surface area contributed by atoms with Crippen LogP contribution in [-0.2, 0) is 16.1 Å². The first-order valence-electron chi connectivity index (χ1n) is 7.60. The first-order valence-corrected chi connectivity index (χ1v) is 8.59. The minimum atomic E-state index is -0.416. The highest BCUT2D eigenvalue weighted by Crippen LogP contribution is 2.27. The van der Waals surface area contributed by atoms with Gasteiger partial charge in [0, 0.05) is 23.9 Å². The van der Waals surface area contributed by atoms with Gasteiger partial charge < -0.3 is 16.4 Å². The Balaban J connectivity index is 2.04. The first kappa shape index (κ1) is 18.5. The van der Waals surface area contributed by atoms with Crippen LogP contribution in [0.3, 0.4) is 0 Å². The van der Waals surface area contributed by atoms with Crippen LogP contribution in [0, 0.1) is 0 Å². The Morgan fingerprint density at radius 1 is 1.04 bits per heavy atom. The molecule has 0 heterocycles. The van der Waals surface area contributed by atoms with Crippen LogP contribution in [0.25, 0.3) is 0 Å². The summed E-state index contributed by atoms with van der Waals surface area (Å²) in [4.78, 5) is 35.0. The smallest absolute Gasteiger partial charge is 0.255 e. The van der Waals surface area contributed by atoms with Crippen LogP contribution in [0.15, 0.2) is 53.4 Å². The third-order valence-electron chi connectivity index (χ3n) is 3.26. The van der Waals surface area contributed by atoms with Gasteiger partial charge >= 0.3 is 0 Å². The Hall–Kier alpha value is -2.80. The predicted octanol–water partition coefficient (Wildman–Crippen LogP) is 2.15. The Bertz CT molecular complexity index is 775. The molecule has 0 saturated heterocycles. The highest BCUT2D eigenvalue weighted by atomic mass is 32.2. The molecule has 0 radical (unpaired) electrons. The van der Waals surface area contributed by atoms with Gasteiger partial charge in [0.25, 0.3) is 5.91 Å². The molecular formula is C18H19N3O3S. The number of primary amides is 1. The van der Waals surface area contributed by atoms with Crippen molar-refractivity contribution in [3.05, 3.63) is 59.7 Å². The topological polar surface area (TPSA) is 101 Å². The van der Waals surface area contributed by atoms with Crippen LogP contribution in [0.2, 0.25) is 0 Å². The summed E-state index contributed by atoms with van der Waals surface area (Å²) in [5.74, 6) is -0.629. The summed E-state index contributed by atoms with van der Waals surface area (Å²) < 4.78 is 0. The zero-order valence-corrected chi connectivity index (χ0v) is 14.6. The van der Waals surface area contributed by atoms with E-state index in [0.29, 0.717) is 17.8 Å². The lowest BCUT2D eigenvalue weighted by Gasteiger charge is -2.10. The molecule has 0 fully saturated rings. The van der Waals surface area contributed by atoms with E-state index in [1.807, 2.05) is 12.1 Å². The monoisotopic (exact) mass is 357 g/mol. The van der Waals surface area contributed by atoms with Crippen molar-refractivity contribution in [2.24, 2.45) is 5.73 Å². The fourth-order valence-corrected chi connectivity index (χ4v) is 2.79. The molecule has 2 aromatic rings. The summed E-state index contributed by atoms with van der Waals surface area (Å²) in [5.41, 5.74) is 7.20. The number of hydrogen-bond acceptors (Lipinski definition) is 4. The van der Waals surface area contributed by atoms with Crippen molar-refractivity contribution in [2.45, 2.75) is 18.4 Å². The standard InChI is InChI=1S/C18H19N3O3S/c1-12(22)20-10-13-6-8-14(9-7-13)18(24)21-15-4-2-3-5-16(15)25-11-17(19)23/h2-9H,10-11H2,1H3,(H2,19,23)(H,20,22)(H,21,24). The molecule has 0 atom stereocenters. The Morgan fingerprint density at radius 2 is 1.72 bits per heavy atom. The molecule has 3 amide bonds. The fourth-order valence-electron chi connectivity index (χ4n) is 2.04.